The third kappa shape index (κ3) is 3.32. The highest BCUT2D eigenvalue weighted by molar-refractivity contribution is 9.10. The second kappa shape index (κ2) is 5.84. The summed E-state index contributed by atoms with van der Waals surface area (Å²) in [5.41, 5.74) is 6.86. The van der Waals surface area contributed by atoms with Crippen LogP contribution in [0.4, 0.5) is 10.1 Å². The number of anilines is 1. The van der Waals surface area contributed by atoms with Crippen molar-refractivity contribution in [2.24, 2.45) is 0 Å². The van der Waals surface area contributed by atoms with Crippen LogP contribution >= 0.6 is 15.9 Å². The standard InChI is InChI=1S/C14H11BrFNO2/c15-11-7-9(5-6-13(11)17)14(18)19-8-10-3-1-2-4-12(10)16/h1-7H,8,17H2. The van der Waals surface area contributed by atoms with Crippen LogP contribution in [0.2, 0.25) is 0 Å². The van der Waals surface area contributed by atoms with Crippen LogP contribution in [-0.2, 0) is 11.3 Å². The molecule has 0 spiro atoms. The summed E-state index contributed by atoms with van der Waals surface area (Å²) in [6, 6.07) is 10.9. The highest BCUT2D eigenvalue weighted by atomic mass is 79.9. The minimum atomic E-state index is -0.524. The number of hydrogen-bond acceptors (Lipinski definition) is 3. The second-order valence-corrected chi connectivity index (χ2v) is 4.76. The monoisotopic (exact) mass is 323 g/mol. The maximum absolute atomic E-state index is 13.3. The van der Waals surface area contributed by atoms with E-state index in [-0.39, 0.29) is 6.61 Å². The molecular weight excluding hydrogens is 313 g/mol. The first-order valence-corrected chi connectivity index (χ1v) is 6.33. The Morgan fingerprint density at radius 2 is 2.00 bits per heavy atom. The molecule has 98 valence electrons. The van der Waals surface area contributed by atoms with E-state index < -0.39 is 11.8 Å². The van der Waals surface area contributed by atoms with Crippen LogP contribution in [0, 0.1) is 5.82 Å². The summed E-state index contributed by atoms with van der Waals surface area (Å²) in [7, 11) is 0. The Labute approximate surface area is 118 Å². The van der Waals surface area contributed by atoms with Crippen LogP contribution in [0.5, 0.6) is 0 Å². The van der Waals surface area contributed by atoms with Gasteiger partial charge in [-0.15, -0.1) is 0 Å². The zero-order valence-corrected chi connectivity index (χ0v) is 11.5. The molecule has 0 fully saturated rings. The molecule has 0 saturated heterocycles. The Hall–Kier alpha value is -1.88. The van der Waals surface area contributed by atoms with Crippen molar-refractivity contribution in [2.45, 2.75) is 6.61 Å². The Bertz CT molecular complexity index is 616. The molecule has 0 atom stereocenters. The van der Waals surface area contributed by atoms with Crippen molar-refractivity contribution in [1.82, 2.24) is 0 Å². The summed E-state index contributed by atoms with van der Waals surface area (Å²) >= 11 is 3.23. The number of carbonyl (C=O) groups is 1. The van der Waals surface area contributed by atoms with Crippen molar-refractivity contribution in [3.63, 3.8) is 0 Å². The number of rotatable bonds is 3. The molecule has 0 bridgehead atoms. The highest BCUT2D eigenvalue weighted by Gasteiger charge is 2.10. The van der Waals surface area contributed by atoms with Crippen LogP contribution in [0.25, 0.3) is 0 Å². The Morgan fingerprint density at radius 1 is 1.26 bits per heavy atom. The Morgan fingerprint density at radius 3 is 2.68 bits per heavy atom. The van der Waals surface area contributed by atoms with Gasteiger partial charge in [0, 0.05) is 15.7 Å². The number of benzene rings is 2. The van der Waals surface area contributed by atoms with Crippen molar-refractivity contribution in [3.8, 4) is 0 Å². The van der Waals surface area contributed by atoms with E-state index in [1.54, 1.807) is 36.4 Å². The first-order valence-electron chi connectivity index (χ1n) is 5.53. The number of esters is 1. The number of ether oxygens (including phenoxy) is 1. The van der Waals surface area contributed by atoms with Gasteiger partial charge in [0.2, 0.25) is 0 Å². The number of carbonyl (C=O) groups excluding carboxylic acids is 1. The SMILES string of the molecule is Nc1ccc(C(=O)OCc2ccccc2F)cc1Br. The van der Waals surface area contributed by atoms with Crippen LogP contribution in [0.1, 0.15) is 15.9 Å². The van der Waals surface area contributed by atoms with Crippen LogP contribution < -0.4 is 5.73 Å². The van der Waals surface area contributed by atoms with Gasteiger partial charge in [-0.05, 0) is 40.2 Å². The molecule has 3 nitrogen and oxygen atoms in total. The zero-order valence-electron chi connectivity index (χ0n) is 9.90. The lowest BCUT2D eigenvalue weighted by molar-refractivity contribution is 0.0469. The maximum atomic E-state index is 13.3. The predicted molar refractivity (Wildman–Crippen MR) is 74.1 cm³/mol. The Kier molecular flexibility index (Phi) is 4.16. The number of hydrogen-bond donors (Lipinski definition) is 1. The lowest BCUT2D eigenvalue weighted by Crippen LogP contribution is -2.06. The minimum Gasteiger partial charge on any atom is -0.457 e. The molecule has 0 amide bonds. The molecular formula is C14H11BrFNO2. The van der Waals surface area contributed by atoms with Gasteiger partial charge in [0.1, 0.15) is 12.4 Å². The minimum absolute atomic E-state index is 0.104. The number of nitrogen functional groups attached to an aromatic ring is 1. The molecule has 2 N–H and O–H groups in total. The molecule has 2 rings (SSSR count). The second-order valence-electron chi connectivity index (χ2n) is 3.90. The third-order valence-electron chi connectivity index (χ3n) is 2.55. The summed E-state index contributed by atoms with van der Waals surface area (Å²) in [4.78, 5) is 11.8. The van der Waals surface area contributed by atoms with E-state index in [1.807, 2.05) is 0 Å². The average molecular weight is 324 g/mol. The van der Waals surface area contributed by atoms with Crippen LogP contribution in [0.15, 0.2) is 46.9 Å². The van der Waals surface area contributed by atoms with E-state index in [2.05, 4.69) is 15.9 Å². The highest BCUT2D eigenvalue weighted by Crippen LogP contribution is 2.21. The van der Waals surface area contributed by atoms with E-state index in [1.165, 1.54) is 6.07 Å². The maximum Gasteiger partial charge on any atom is 0.338 e. The predicted octanol–water partition coefficient (Wildman–Crippen LogP) is 3.53. The summed E-state index contributed by atoms with van der Waals surface area (Å²) in [6.07, 6.45) is 0. The molecule has 0 radical (unpaired) electrons. The van der Waals surface area contributed by atoms with Gasteiger partial charge in [-0.3, -0.25) is 0 Å². The first-order chi connectivity index (χ1) is 9.08. The molecule has 0 aromatic heterocycles. The fourth-order valence-electron chi connectivity index (χ4n) is 1.50. The van der Waals surface area contributed by atoms with Gasteiger partial charge < -0.3 is 10.5 Å². The van der Waals surface area contributed by atoms with Crippen molar-refractivity contribution in [1.29, 1.82) is 0 Å². The molecule has 0 unspecified atom stereocenters. The molecule has 0 aliphatic heterocycles. The molecule has 0 aliphatic rings. The van der Waals surface area contributed by atoms with Crippen LogP contribution in [-0.4, -0.2) is 5.97 Å². The van der Waals surface area contributed by atoms with Gasteiger partial charge in [-0.1, -0.05) is 18.2 Å². The summed E-state index contributed by atoms with van der Waals surface area (Å²) in [5.74, 6) is -0.919. The van der Waals surface area contributed by atoms with E-state index in [0.717, 1.165) is 0 Å². The topological polar surface area (TPSA) is 52.3 Å². The van der Waals surface area contributed by atoms with Gasteiger partial charge in [0.05, 0.1) is 5.56 Å². The van der Waals surface area contributed by atoms with Gasteiger partial charge in [0.15, 0.2) is 0 Å². The molecule has 0 saturated carbocycles. The normalized spacial score (nSPS) is 10.2. The Balaban J connectivity index is 2.05. The van der Waals surface area contributed by atoms with E-state index in [0.29, 0.717) is 21.3 Å². The van der Waals surface area contributed by atoms with Crippen molar-refractivity contribution >= 4 is 27.6 Å². The van der Waals surface area contributed by atoms with Crippen molar-refractivity contribution in [3.05, 3.63) is 63.9 Å². The largest absolute Gasteiger partial charge is 0.457 e. The first kappa shape index (κ1) is 13.5. The molecule has 5 heteroatoms. The molecule has 2 aromatic rings. The van der Waals surface area contributed by atoms with Crippen LogP contribution in [0.3, 0.4) is 0 Å². The van der Waals surface area contributed by atoms with Gasteiger partial charge in [0.25, 0.3) is 0 Å². The van der Waals surface area contributed by atoms with E-state index >= 15 is 0 Å². The fraction of sp³-hybridized carbons (Fsp3) is 0.0714. The van der Waals surface area contributed by atoms with Crippen molar-refractivity contribution in [2.75, 3.05) is 5.73 Å². The quantitative estimate of drug-likeness (QED) is 0.694. The molecule has 19 heavy (non-hydrogen) atoms. The number of halogens is 2. The number of nitrogens with two attached hydrogens (primary N) is 1. The lowest BCUT2D eigenvalue weighted by Gasteiger charge is -2.07. The van der Waals surface area contributed by atoms with Gasteiger partial charge in [-0.2, -0.15) is 0 Å². The summed E-state index contributed by atoms with van der Waals surface area (Å²) < 4.78 is 19.0. The van der Waals surface area contributed by atoms with Crippen molar-refractivity contribution < 1.29 is 13.9 Å². The molecule has 0 aliphatic carbocycles. The zero-order chi connectivity index (χ0) is 13.8. The third-order valence-corrected chi connectivity index (χ3v) is 3.24. The lowest BCUT2D eigenvalue weighted by atomic mass is 10.2. The smallest absolute Gasteiger partial charge is 0.338 e. The fourth-order valence-corrected chi connectivity index (χ4v) is 1.87. The molecule has 2 aromatic carbocycles. The summed E-state index contributed by atoms with van der Waals surface area (Å²) in [6.45, 7) is -0.104. The van der Waals surface area contributed by atoms with E-state index in [4.69, 9.17) is 10.5 Å². The van der Waals surface area contributed by atoms with Gasteiger partial charge >= 0.3 is 5.97 Å². The summed E-state index contributed by atoms with van der Waals surface area (Å²) in [5, 5.41) is 0. The average Bonchev–Trinajstić information content (AvgIpc) is 2.40. The van der Waals surface area contributed by atoms with E-state index in [9.17, 15) is 9.18 Å². The molecule has 0 heterocycles. The van der Waals surface area contributed by atoms with Gasteiger partial charge in [-0.25, -0.2) is 9.18 Å².